The van der Waals surface area contributed by atoms with Crippen LogP contribution in [0.5, 0.6) is 5.75 Å². The topological polar surface area (TPSA) is 56.3 Å². The number of ether oxygens (including phenoxy) is 1. The second kappa shape index (κ2) is 7.60. The number of hydrogen-bond donors (Lipinski definition) is 0. The predicted molar refractivity (Wildman–Crippen MR) is 106 cm³/mol. The summed E-state index contributed by atoms with van der Waals surface area (Å²) >= 11 is 3.32. The zero-order chi connectivity index (χ0) is 18.7. The van der Waals surface area contributed by atoms with Crippen LogP contribution in [0.25, 0.3) is 11.1 Å². The lowest BCUT2D eigenvalue weighted by Crippen LogP contribution is -2.07. The Labute approximate surface area is 161 Å². The number of aryl methyl sites for hydroxylation is 1. The highest BCUT2D eigenvalue weighted by atomic mass is 79.9. The van der Waals surface area contributed by atoms with Gasteiger partial charge < -0.3 is 4.74 Å². The van der Waals surface area contributed by atoms with Crippen molar-refractivity contribution in [2.75, 3.05) is 7.11 Å². The summed E-state index contributed by atoms with van der Waals surface area (Å²) in [5.41, 5.74) is 3.69. The van der Waals surface area contributed by atoms with Gasteiger partial charge >= 0.3 is 0 Å². The standard InChI is InChI=1S/C20H18BrNO3S/c1-14-3-5-16(6-4-14)17-9-15(11-22-12-17)13-26(23,24)20-10-18(21)7-8-19(20)25-2/h3-12H,13H2,1-2H3. The van der Waals surface area contributed by atoms with Crippen LogP contribution < -0.4 is 4.74 Å². The first-order valence-electron chi connectivity index (χ1n) is 7.96. The van der Waals surface area contributed by atoms with Crippen LogP contribution in [0, 0.1) is 6.92 Å². The summed E-state index contributed by atoms with van der Waals surface area (Å²) in [5, 5.41) is 0. The van der Waals surface area contributed by atoms with E-state index in [4.69, 9.17) is 4.74 Å². The summed E-state index contributed by atoms with van der Waals surface area (Å²) in [7, 11) is -2.12. The summed E-state index contributed by atoms with van der Waals surface area (Å²) < 4.78 is 31.7. The maximum Gasteiger partial charge on any atom is 0.186 e. The maximum atomic E-state index is 12.9. The molecule has 26 heavy (non-hydrogen) atoms. The maximum absolute atomic E-state index is 12.9. The monoisotopic (exact) mass is 431 g/mol. The Morgan fingerprint density at radius 2 is 1.73 bits per heavy atom. The van der Waals surface area contributed by atoms with E-state index >= 15 is 0 Å². The number of aromatic nitrogens is 1. The van der Waals surface area contributed by atoms with Crippen molar-refractivity contribution >= 4 is 25.8 Å². The lowest BCUT2D eigenvalue weighted by atomic mass is 10.1. The molecule has 6 heteroatoms. The van der Waals surface area contributed by atoms with Gasteiger partial charge in [0.2, 0.25) is 0 Å². The number of halogens is 1. The molecule has 0 saturated heterocycles. The third-order valence-electron chi connectivity index (χ3n) is 4.00. The zero-order valence-electron chi connectivity index (χ0n) is 14.4. The lowest BCUT2D eigenvalue weighted by molar-refractivity contribution is 0.402. The molecule has 2 aromatic carbocycles. The first kappa shape index (κ1) is 18.6. The van der Waals surface area contributed by atoms with Gasteiger partial charge in [-0.1, -0.05) is 45.8 Å². The number of benzene rings is 2. The van der Waals surface area contributed by atoms with Gasteiger partial charge in [-0.3, -0.25) is 4.98 Å². The molecule has 0 unspecified atom stereocenters. The van der Waals surface area contributed by atoms with Gasteiger partial charge in [-0.15, -0.1) is 0 Å². The summed E-state index contributed by atoms with van der Waals surface area (Å²) in [6, 6.07) is 14.8. The van der Waals surface area contributed by atoms with Crippen molar-refractivity contribution in [2.24, 2.45) is 0 Å². The number of nitrogens with zero attached hydrogens (tertiary/aromatic N) is 1. The summed E-state index contributed by atoms with van der Waals surface area (Å²) in [5.74, 6) is 0.183. The van der Waals surface area contributed by atoms with Crippen LogP contribution in [0.4, 0.5) is 0 Å². The molecule has 0 radical (unpaired) electrons. The fourth-order valence-corrected chi connectivity index (χ4v) is 4.69. The Bertz CT molecular complexity index is 1030. The number of hydrogen-bond acceptors (Lipinski definition) is 4. The molecule has 1 heterocycles. The summed E-state index contributed by atoms with van der Waals surface area (Å²) in [6.07, 6.45) is 3.32. The molecule has 0 fully saturated rings. The van der Waals surface area contributed by atoms with Crippen molar-refractivity contribution in [3.8, 4) is 16.9 Å². The molecule has 4 nitrogen and oxygen atoms in total. The van der Waals surface area contributed by atoms with Gasteiger partial charge in [-0.2, -0.15) is 0 Å². The zero-order valence-corrected chi connectivity index (χ0v) is 16.8. The van der Waals surface area contributed by atoms with E-state index < -0.39 is 9.84 Å². The van der Waals surface area contributed by atoms with Gasteiger partial charge in [0, 0.05) is 22.4 Å². The van der Waals surface area contributed by atoms with E-state index in [1.165, 1.54) is 12.7 Å². The lowest BCUT2D eigenvalue weighted by Gasteiger charge is -2.11. The third-order valence-corrected chi connectivity index (χ3v) is 6.19. The fraction of sp³-hybridized carbons (Fsp3) is 0.150. The van der Waals surface area contributed by atoms with Gasteiger partial charge in [0.15, 0.2) is 9.84 Å². The molecule has 0 spiro atoms. The second-order valence-electron chi connectivity index (χ2n) is 6.00. The van der Waals surface area contributed by atoms with Crippen LogP contribution >= 0.6 is 15.9 Å². The van der Waals surface area contributed by atoms with E-state index in [2.05, 4.69) is 20.9 Å². The van der Waals surface area contributed by atoms with Crippen LogP contribution in [0.3, 0.4) is 0 Å². The van der Waals surface area contributed by atoms with Crippen LogP contribution in [-0.2, 0) is 15.6 Å². The smallest absolute Gasteiger partial charge is 0.186 e. The van der Waals surface area contributed by atoms with Crippen molar-refractivity contribution in [3.05, 3.63) is 76.5 Å². The number of methoxy groups -OCH3 is 1. The molecule has 3 aromatic rings. The van der Waals surface area contributed by atoms with Crippen molar-refractivity contribution in [1.82, 2.24) is 4.98 Å². The molecular weight excluding hydrogens is 414 g/mol. The highest BCUT2D eigenvalue weighted by Crippen LogP contribution is 2.30. The van der Waals surface area contributed by atoms with E-state index in [0.29, 0.717) is 15.8 Å². The number of sulfone groups is 1. The van der Waals surface area contributed by atoms with Crippen molar-refractivity contribution < 1.29 is 13.2 Å². The molecule has 0 aliphatic rings. The largest absolute Gasteiger partial charge is 0.495 e. The van der Waals surface area contributed by atoms with E-state index in [9.17, 15) is 8.42 Å². The summed E-state index contributed by atoms with van der Waals surface area (Å²) in [6.45, 7) is 2.02. The van der Waals surface area contributed by atoms with Gasteiger partial charge in [0.1, 0.15) is 10.6 Å². The number of pyridine rings is 1. The van der Waals surface area contributed by atoms with Gasteiger partial charge in [-0.05, 0) is 42.3 Å². The minimum atomic E-state index is -3.58. The number of rotatable bonds is 5. The van der Waals surface area contributed by atoms with Gasteiger partial charge in [0.05, 0.1) is 12.9 Å². The Morgan fingerprint density at radius 1 is 1.00 bits per heavy atom. The molecule has 0 N–H and O–H groups in total. The summed E-state index contributed by atoms with van der Waals surface area (Å²) in [4.78, 5) is 4.38. The Balaban J connectivity index is 1.95. The van der Waals surface area contributed by atoms with E-state index in [-0.39, 0.29) is 10.6 Å². The minimum absolute atomic E-state index is 0.146. The fourth-order valence-electron chi connectivity index (χ4n) is 2.66. The normalized spacial score (nSPS) is 11.3. The first-order valence-corrected chi connectivity index (χ1v) is 10.4. The van der Waals surface area contributed by atoms with Crippen molar-refractivity contribution in [3.63, 3.8) is 0 Å². The minimum Gasteiger partial charge on any atom is -0.495 e. The Kier molecular flexibility index (Phi) is 5.44. The average Bonchev–Trinajstić information content (AvgIpc) is 2.62. The highest BCUT2D eigenvalue weighted by molar-refractivity contribution is 9.10. The predicted octanol–water partition coefficient (Wildman–Crippen LogP) is 4.80. The van der Waals surface area contributed by atoms with Gasteiger partial charge in [-0.25, -0.2) is 8.42 Å². The van der Waals surface area contributed by atoms with Crippen LogP contribution in [0.1, 0.15) is 11.1 Å². The highest BCUT2D eigenvalue weighted by Gasteiger charge is 2.21. The van der Waals surface area contributed by atoms with Crippen LogP contribution in [0.2, 0.25) is 0 Å². The van der Waals surface area contributed by atoms with Crippen LogP contribution in [0.15, 0.2) is 70.3 Å². The van der Waals surface area contributed by atoms with Crippen molar-refractivity contribution in [1.29, 1.82) is 0 Å². The van der Waals surface area contributed by atoms with Crippen molar-refractivity contribution in [2.45, 2.75) is 17.6 Å². The molecular formula is C20H18BrNO3S. The molecule has 0 bridgehead atoms. The molecule has 0 saturated carbocycles. The van der Waals surface area contributed by atoms with Crippen LogP contribution in [-0.4, -0.2) is 20.5 Å². The molecule has 134 valence electrons. The van der Waals surface area contributed by atoms with E-state index in [1.807, 2.05) is 37.3 Å². The Morgan fingerprint density at radius 3 is 2.42 bits per heavy atom. The average molecular weight is 432 g/mol. The molecule has 1 aromatic heterocycles. The van der Waals surface area contributed by atoms with E-state index in [0.717, 1.165) is 11.1 Å². The molecule has 3 rings (SSSR count). The third kappa shape index (κ3) is 4.14. The SMILES string of the molecule is COc1ccc(Br)cc1S(=O)(=O)Cc1cncc(-c2ccc(C)cc2)c1. The second-order valence-corrected chi connectivity index (χ2v) is 8.88. The van der Waals surface area contributed by atoms with Gasteiger partial charge in [0.25, 0.3) is 0 Å². The molecule has 0 atom stereocenters. The first-order chi connectivity index (χ1) is 12.4. The molecule has 0 aliphatic heterocycles. The van der Waals surface area contributed by atoms with E-state index in [1.54, 1.807) is 30.6 Å². The molecule has 0 aliphatic carbocycles. The quantitative estimate of drug-likeness (QED) is 0.581. The Hall–Kier alpha value is -2.18. The molecule has 0 amide bonds.